The highest BCUT2D eigenvalue weighted by Crippen LogP contribution is 2.20. The normalized spacial score (nSPS) is 11.0. The summed E-state index contributed by atoms with van der Waals surface area (Å²) in [7, 11) is 0. The molecule has 4 heterocycles. The van der Waals surface area contributed by atoms with E-state index < -0.39 is 0 Å². The summed E-state index contributed by atoms with van der Waals surface area (Å²) in [6.45, 7) is 1.04. The molecule has 9 nitrogen and oxygen atoms in total. The molecule has 0 unspecified atom stereocenters. The Hall–Kier alpha value is -3.49. The lowest BCUT2D eigenvalue weighted by Crippen LogP contribution is -2.14. The van der Waals surface area contributed by atoms with Crippen molar-refractivity contribution in [3.8, 4) is 5.69 Å². The molecule has 0 aromatic carbocycles. The largest absolute Gasteiger partial charge is 0.382 e. The predicted octanol–water partition coefficient (Wildman–Crippen LogP) is 0.734. The summed E-state index contributed by atoms with van der Waals surface area (Å²) in [6.07, 6.45) is 15.8. The van der Waals surface area contributed by atoms with Crippen LogP contribution in [0.3, 0.4) is 0 Å². The van der Waals surface area contributed by atoms with Gasteiger partial charge in [0.25, 0.3) is 0 Å². The highest BCUT2D eigenvalue weighted by atomic mass is 15.1. The zero-order valence-electron chi connectivity index (χ0n) is 12.8. The standard InChI is InChI=1S/C15H15N9/c16-15-14(24-6-3-19-11-24)12(7-22-4-1-17-9-22)20-13(21-15)8-23-5-2-18-10-23/h1-6,9-11H,7-8H2,(H2,16,20,21). The lowest BCUT2D eigenvalue weighted by molar-refractivity contribution is 0.706. The number of aromatic nitrogens is 8. The first-order chi connectivity index (χ1) is 11.8. The molecule has 0 saturated heterocycles. The Bertz CT molecular complexity index is 908. The predicted molar refractivity (Wildman–Crippen MR) is 86.2 cm³/mol. The second-order valence-electron chi connectivity index (χ2n) is 5.26. The average Bonchev–Trinajstić information content (AvgIpc) is 3.30. The van der Waals surface area contributed by atoms with Crippen LogP contribution in [-0.4, -0.2) is 38.6 Å². The van der Waals surface area contributed by atoms with Gasteiger partial charge in [0.1, 0.15) is 5.69 Å². The molecular weight excluding hydrogens is 306 g/mol. The number of hydrogen-bond donors (Lipinski definition) is 1. The highest BCUT2D eigenvalue weighted by molar-refractivity contribution is 5.55. The molecule has 0 aliphatic heterocycles. The van der Waals surface area contributed by atoms with Crippen LogP contribution in [0, 0.1) is 0 Å². The molecule has 2 N–H and O–H groups in total. The number of nitrogens with two attached hydrogens (primary N) is 1. The molecule has 0 atom stereocenters. The van der Waals surface area contributed by atoms with Crippen molar-refractivity contribution in [2.45, 2.75) is 13.1 Å². The Morgan fingerprint density at radius 3 is 2.08 bits per heavy atom. The Labute approximate surface area is 137 Å². The summed E-state index contributed by atoms with van der Waals surface area (Å²) in [5.41, 5.74) is 7.75. The smallest absolute Gasteiger partial charge is 0.151 e. The maximum atomic E-state index is 6.22. The van der Waals surface area contributed by atoms with Crippen LogP contribution in [0.4, 0.5) is 5.82 Å². The minimum absolute atomic E-state index is 0.410. The summed E-state index contributed by atoms with van der Waals surface area (Å²) in [6, 6.07) is 0. The Morgan fingerprint density at radius 2 is 1.46 bits per heavy atom. The van der Waals surface area contributed by atoms with Crippen molar-refractivity contribution >= 4 is 5.82 Å². The number of nitrogens with zero attached hydrogens (tertiary/aromatic N) is 8. The summed E-state index contributed by atoms with van der Waals surface area (Å²) < 4.78 is 5.65. The lowest BCUT2D eigenvalue weighted by Gasteiger charge is -2.14. The first-order valence-corrected chi connectivity index (χ1v) is 7.34. The zero-order chi connectivity index (χ0) is 16.4. The Kier molecular flexibility index (Phi) is 3.50. The van der Waals surface area contributed by atoms with Gasteiger partial charge in [0, 0.05) is 37.2 Å². The van der Waals surface area contributed by atoms with Gasteiger partial charge in [0.15, 0.2) is 11.6 Å². The molecule has 0 spiro atoms. The minimum Gasteiger partial charge on any atom is -0.382 e. The fraction of sp³-hybridized carbons (Fsp3) is 0.133. The first-order valence-electron chi connectivity index (χ1n) is 7.34. The third-order valence-corrected chi connectivity index (χ3v) is 3.57. The zero-order valence-corrected chi connectivity index (χ0v) is 12.8. The van der Waals surface area contributed by atoms with E-state index in [4.69, 9.17) is 10.7 Å². The van der Waals surface area contributed by atoms with Gasteiger partial charge in [0.05, 0.1) is 37.8 Å². The van der Waals surface area contributed by atoms with Crippen molar-refractivity contribution in [1.29, 1.82) is 0 Å². The molecule has 4 rings (SSSR count). The molecule has 4 aromatic rings. The number of imidazole rings is 3. The van der Waals surface area contributed by atoms with E-state index in [1.54, 1.807) is 37.6 Å². The van der Waals surface area contributed by atoms with Gasteiger partial charge in [-0.2, -0.15) is 0 Å². The Balaban J connectivity index is 1.77. The molecule has 0 aliphatic carbocycles. The van der Waals surface area contributed by atoms with Crippen molar-refractivity contribution in [3.05, 3.63) is 67.7 Å². The van der Waals surface area contributed by atoms with Gasteiger partial charge in [-0.25, -0.2) is 24.9 Å². The number of hydrogen-bond acceptors (Lipinski definition) is 6. The molecule has 0 bridgehead atoms. The van der Waals surface area contributed by atoms with Crippen LogP contribution in [0.1, 0.15) is 11.5 Å². The molecule has 0 saturated carbocycles. The minimum atomic E-state index is 0.410. The van der Waals surface area contributed by atoms with Crippen LogP contribution in [0.25, 0.3) is 5.69 Å². The van der Waals surface area contributed by atoms with Gasteiger partial charge in [-0.1, -0.05) is 0 Å². The maximum Gasteiger partial charge on any atom is 0.151 e. The van der Waals surface area contributed by atoms with Gasteiger partial charge < -0.3 is 19.4 Å². The fourth-order valence-electron chi connectivity index (χ4n) is 2.52. The van der Waals surface area contributed by atoms with E-state index in [2.05, 4.69) is 19.9 Å². The van der Waals surface area contributed by atoms with E-state index in [9.17, 15) is 0 Å². The first kappa shape index (κ1) is 14.1. The van der Waals surface area contributed by atoms with Crippen LogP contribution in [0.2, 0.25) is 0 Å². The molecule has 24 heavy (non-hydrogen) atoms. The van der Waals surface area contributed by atoms with E-state index in [0.717, 1.165) is 11.4 Å². The monoisotopic (exact) mass is 321 g/mol. The van der Waals surface area contributed by atoms with E-state index in [1.165, 1.54) is 0 Å². The lowest BCUT2D eigenvalue weighted by atomic mass is 10.3. The summed E-state index contributed by atoms with van der Waals surface area (Å²) in [5.74, 6) is 1.04. The van der Waals surface area contributed by atoms with Crippen LogP contribution >= 0.6 is 0 Å². The average molecular weight is 321 g/mol. The fourth-order valence-corrected chi connectivity index (χ4v) is 2.52. The third kappa shape index (κ3) is 2.74. The summed E-state index contributed by atoms with van der Waals surface area (Å²) in [4.78, 5) is 21.3. The van der Waals surface area contributed by atoms with Crippen molar-refractivity contribution in [1.82, 2.24) is 38.6 Å². The van der Waals surface area contributed by atoms with Gasteiger partial charge in [-0.05, 0) is 0 Å². The molecule has 0 fully saturated rings. The summed E-state index contributed by atoms with van der Waals surface area (Å²) >= 11 is 0. The Morgan fingerprint density at radius 1 is 0.792 bits per heavy atom. The van der Waals surface area contributed by atoms with Crippen LogP contribution in [0.15, 0.2) is 56.2 Å². The maximum absolute atomic E-state index is 6.22. The van der Waals surface area contributed by atoms with Gasteiger partial charge >= 0.3 is 0 Å². The van der Waals surface area contributed by atoms with Crippen molar-refractivity contribution < 1.29 is 0 Å². The quantitative estimate of drug-likeness (QED) is 0.581. The van der Waals surface area contributed by atoms with Crippen molar-refractivity contribution in [2.75, 3.05) is 5.73 Å². The number of nitrogen functional groups attached to an aromatic ring is 1. The molecule has 4 aromatic heterocycles. The van der Waals surface area contributed by atoms with E-state index in [-0.39, 0.29) is 0 Å². The number of anilines is 1. The summed E-state index contributed by atoms with van der Waals surface area (Å²) in [5, 5.41) is 0. The van der Waals surface area contributed by atoms with Crippen molar-refractivity contribution in [2.24, 2.45) is 0 Å². The topological polar surface area (TPSA) is 105 Å². The van der Waals surface area contributed by atoms with Crippen LogP contribution in [0.5, 0.6) is 0 Å². The van der Waals surface area contributed by atoms with E-state index >= 15 is 0 Å². The van der Waals surface area contributed by atoms with E-state index in [0.29, 0.717) is 24.7 Å². The molecule has 0 amide bonds. The molecular formula is C15H15N9. The molecule has 9 heteroatoms. The highest BCUT2D eigenvalue weighted by Gasteiger charge is 2.15. The van der Waals surface area contributed by atoms with E-state index in [1.807, 2.05) is 32.3 Å². The molecule has 120 valence electrons. The van der Waals surface area contributed by atoms with Gasteiger partial charge in [-0.3, -0.25) is 0 Å². The molecule has 0 radical (unpaired) electrons. The van der Waals surface area contributed by atoms with Gasteiger partial charge in [-0.15, -0.1) is 0 Å². The van der Waals surface area contributed by atoms with Crippen LogP contribution < -0.4 is 5.73 Å². The van der Waals surface area contributed by atoms with Gasteiger partial charge in [0.2, 0.25) is 0 Å². The third-order valence-electron chi connectivity index (χ3n) is 3.57. The SMILES string of the molecule is Nc1nc(Cn2ccnc2)nc(Cn2ccnc2)c1-n1ccnc1. The van der Waals surface area contributed by atoms with Crippen molar-refractivity contribution in [3.63, 3.8) is 0 Å². The number of rotatable bonds is 5. The second kappa shape index (κ2) is 5.95. The van der Waals surface area contributed by atoms with Crippen LogP contribution in [-0.2, 0) is 13.1 Å². The molecule has 0 aliphatic rings. The second-order valence-corrected chi connectivity index (χ2v) is 5.26.